The number of carbonyl (C=O) groups excluding carboxylic acids is 1. The Morgan fingerprint density at radius 3 is 2.69 bits per heavy atom. The molecule has 0 aliphatic carbocycles. The molecule has 0 saturated heterocycles. The number of halogens is 1. The number of rotatable bonds is 7. The zero-order valence-electron chi connectivity index (χ0n) is 14.3. The van der Waals surface area contributed by atoms with E-state index in [2.05, 4.69) is 10.2 Å². The number of ketones is 1. The van der Waals surface area contributed by atoms with Crippen LogP contribution >= 0.6 is 23.4 Å². The number of hydrogen-bond donors (Lipinski definition) is 0. The van der Waals surface area contributed by atoms with Crippen LogP contribution in [0.1, 0.15) is 24.2 Å². The van der Waals surface area contributed by atoms with Crippen molar-refractivity contribution in [2.24, 2.45) is 0 Å². The molecule has 3 aromatic rings. The highest BCUT2D eigenvalue weighted by Crippen LogP contribution is 2.29. The van der Waals surface area contributed by atoms with E-state index in [4.69, 9.17) is 20.8 Å². The predicted molar refractivity (Wildman–Crippen MR) is 102 cm³/mol. The van der Waals surface area contributed by atoms with E-state index in [1.54, 1.807) is 31.2 Å². The maximum Gasteiger partial charge on any atom is 0.277 e. The maximum absolute atomic E-state index is 12.5. The van der Waals surface area contributed by atoms with E-state index in [1.165, 1.54) is 11.8 Å². The van der Waals surface area contributed by atoms with Crippen LogP contribution in [0, 0.1) is 0 Å². The van der Waals surface area contributed by atoms with Gasteiger partial charge in [0.15, 0.2) is 5.78 Å². The molecular formula is C19H17ClN2O3S. The van der Waals surface area contributed by atoms with Gasteiger partial charge in [0.1, 0.15) is 5.75 Å². The smallest absolute Gasteiger partial charge is 0.277 e. The molecular weight excluding hydrogens is 372 g/mol. The Balaban J connectivity index is 1.68. The van der Waals surface area contributed by atoms with Crippen LogP contribution in [-0.4, -0.2) is 27.8 Å². The van der Waals surface area contributed by atoms with Gasteiger partial charge in [0.25, 0.3) is 5.22 Å². The minimum Gasteiger partial charge on any atom is -0.494 e. The first kappa shape index (κ1) is 18.5. The van der Waals surface area contributed by atoms with E-state index in [9.17, 15) is 4.79 Å². The Morgan fingerprint density at radius 2 is 2.00 bits per heavy atom. The number of benzene rings is 2. The van der Waals surface area contributed by atoms with E-state index in [0.717, 1.165) is 11.3 Å². The van der Waals surface area contributed by atoms with Crippen molar-refractivity contribution in [2.45, 2.75) is 24.3 Å². The Kier molecular flexibility index (Phi) is 5.96. The van der Waals surface area contributed by atoms with Crippen LogP contribution in [0.5, 0.6) is 5.75 Å². The molecule has 5 nitrogen and oxygen atoms in total. The summed E-state index contributed by atoms with van der Waals surface area (Å²) in [7, 11) is 0. The van der Waals surface area contributed by atoms with Crippen LogP contribution in [-0.2, 0) is 0 Å². The zero-order valence-corrected chi connectivity index (χ0v) is 15.9. The highest BCUT2D eigenvalue weighted by Gasteiger charge is 2.20. The predicted octanol–water partition coefficient (Wildman–Crippen LogP) is 5.15. The lowest BCUT2D eigenvalue weighted by molar-refractivity contribution is 0.0993. The molecule has 0 aliphatic rings. The molecule has 7 heteroatoms. The Hall–Kier alpha value is -2.31. The van der Waals surface area contributed by atoms with Gasteiger partial charge in [-0.15, -0.1) is 10.2 Å². The summed E-state index contributed by atoms with van der Waals surface area (Å²) < 4.78 is 11.1. The number of hydrogen-bond acceptors (Lipinski definition) is 6. The minimum atomic E-state index is -0.373. The molecule has 1 aromatic heterocycles. The van der Waals surface area contributed by atoms with Gasteiger partial charge in [-0.2, -0.15) is 0 Å². The lowest BCUT2D eigenvalue weighted by Crippen LogP contribution is -2.13. The average molecular weight is 389 g/mol. The van der Waals surface area contributed by atoms with E-state index < -0.39 is 0 Å². The lowest BCUT2D eigenvalue weighted by atomic mass is 10.1. The van der Waals surface area contributed by atoms with Crippen LogP contribution in [0.25, 0.3) is 11.5 Å². The third kappa shape index (κ3) is 4.45. The van der Waals surface area contributed by atoms with Gasteiger partial charge in [-0.1, -0.05) is 35.5 Å². The fourth-order valence-corrected chi connectivity index (χ4v) is 3.27. The standard InChI is InChI=1S/C19H17ClN2O3S/c1-3-24-16-9-7-13(8-10-16)18-21-22-19(25-18)26-12(2)17(23)14-5-4-6-15(20)11-14/h4-12H,3H2,1-2H3/t12-/m1/s1. The lowest BCUT2D eigenvalue weighted by Gasteiger charge is -2.07. The second-order valence-corrected chi connectivity index (χ2v) is 7.19. The normalized spacial score (nSPS) is 12.0. The second-order valence-electron chi connectivity index (χ2n) is 5.47. The Bertz CT molecular complexity index is 896. The zero-order chi connectivity index (χ0) is 18.5. The van der Waals surface area contributed by atoms with Crippen molar-refractivity contribution in [3.05, 3.63) is 59.1 Å². The summed E-state index contributed by atoms with van der Waals surface area (Å²) in [5.74, 6) is 1.14. The van der Waals surface area contributed by atoms with Crippen molar-refractivity contribution in [1.82, 2.24) is 10.2 Å². The number of nitrogens with zero attached hydrogens (tertiary/aromatic N) is 2. The van der Waals surface area contributed by atoms with Crippen LogP contribution in [0.4, 0.5) is 0 Å². The average Bonchev–Trinajstić information content (AvgIpc) is 3.10. The van der Waals surface area contributed by atoms with Crippen LogP contribution in [0.15, 0.2) is 58.2 Å². The van der Waals surface area contributed by atoms with Gasteiger partial charge in [0, 0.05) is 16.1 Å². The second kappa shape index (κ2) is 8.38. The van der Waals surface area contributed by atoms with Crippen LogP contribution < -0.4 is 4.74 Å². The first-order chi connectivity index (χ1) is 12.6. The molecule has 0 amide bonds. The first-order valence-corrected chi connectivity index (χ1v) is 9.35. The van der Waals surface area contributed by atoms with Crippen molar-refractivity contribution < 1.29 is 13.9 Å². The molecule has 0 bridgehead atoms. The van der Waals surface area contributed by atoms with Crippen molar-refractivity contribution in [3.63, 3.8) is 0 Å². The fourth-order valence-electron chi connectivity index (χ4n) is 2.32. The molecule has 0 saturated carbocycles. The highest BCUT2D eigenvalue weighted by atomic mass is 35.5. The van der Waals surface area contributed by atoms with Gasteiger partial charge in [0.2, 0.25) is 5.89 Å². The van der Waals surface area contributed by atoms with Crippen molar-refractivity contribution in [1.29, 1.82) is 0 Å². The topological polar surface area (TPSA) is 65.2 Å². The summed E-state index contributed by atoms with van der Waals surface area (Å²) >= 11 is 7.17. The summed E-state index contributed by atoms with van der Waals surface area (Å²) in [6.45, 7) is 4.34. The maximum atomic E-state index is 12.5. The Morgan fingerprint density at radius 1 is 1.23 bits per heavy atom. The third-order valence-electron chi connectivity index (χ3n) is 3.57. The van der Waals surface area contributed by atoms with Crippen LogP contribution in [0.2, 0.25) is 5.02 Å². The van der Waals surface area contributed by atoms with Gasteiger partial charge < -0.3 is 9.15 Å². The summed E-state index contributed by atoms with van der Waals surface area (Å²) in [6.07, 6.45) is 0. The van der Waals surface area contributed by atoms with E-state index in [1.807, 2.05) is 31.2 Å². The number of thioether (sulfide) groups is 1. The minimum absolute atomic E-state index is 0.0432. The summed E-state index contributed by atoms with van der Waals surface area (Å²) in [6, 6.07) is 14.3. The SMILES string of the molecule is CCOc1ccc(-c2nnc(S[C@H](C)C(=O)c3cccc(Cl)c3)o2)cc1. The fraction of sp³-hybridized carbons (Fsp3) is 0.211. The molecule has 134 valence electrons. The monoisotopic (exact) mass is 388 g/mol. The number of Topliss-reactive ketones (excluding diaryl/α,β-unsaturated/α-hetero) is 1. The molecule has 1 atom stereocenters. The van der Waals surface area contributed by atoms with Gasteiger partial charge in [-0.25, -0.2) is 0 Å². The van der Waals surface area contributed by atoms with Crippen molar-refractivity contribution in [3.8, 4) is 17.2 Å². The van der Waals surface area contributed by atoms with Gasteiger partial charge in [0.05, 0.1) is 11.9 Å². The molecule has 0 N–H and O–H groups in total. The van der Waals surface area contributed by atoms with Crippen molar-refractivity contribution >= 4 is 29.1 Å². The van der Waals surface area contributed by atoms with E-state index >= 15 is 0 Å². The van der Waals surface area contributed by atoms with E-state index in [-0.39, 0.29) is 11.0 Å². The molecule has 0 unspecified atom stereocenters. The van der Waals surface area contributed by atoms with Gasteiger partial charge in [-0.3, -0.25) is 4.79 Å². The molecule has 0 aliphatic heterocycles. The largest absolute Gasteiger partial charge is 0.494 e. The molecule has 0 radical (unpaired) electrons. The summed E-state index contributed by atoms with van der Waals surface area (Å²) in [5, 5.41) is 8.57. The number of aromatic nitrogens is 2. The molecule has 26 heavy (non-hydrogen) atoms. The van der Waals surface area contributed by atoms with E-state index in [0.29, 0.717) is 28.3 Å². The van der Waals surface area contributed by atoms with Gasteiger partial charge in [-0.05, 0) is 50.2 Å². The first-order valence-electron chi connectivity index (χ1n) is 8.10. The number of carbonyl (C=O) groups is 1. The molecule has 2 aromatic carbocycles. The summed E-state index contributed by atoms with van der Waals surface area (Å²) in [5.41, 5.74) is 1.35. The molecule has 1 heterocycles. The highest BCUT2D eigenvalue weighted by molar-refractivity contribution is 8.00. The Labute approximate surface area is 160 Å². The van der Waals surface area contributed by atoms with Crippen molar-refractivity contribution in [2.75, 3.05) is 6.61 Å². The number of ether oxygens (including phenoxy) is 1. The quantitative estimate of drug-likeness (QED) is 0.412. The summed E-state index contributed by atoms with van der Waals surface area (Å²) in [4.78, 5) is 12.5. The van der Waals surface area contributed by atoms with Crippen LogP contribution in [0.3, 0.4) is 0 Å². The molecule has 0 fully saturated rings. The third-order valence-corrected chi connectivity index (χ3v) is 4.74. The van der Waals surface area contributed by atoms with Gasteiger partial charge >= 0.3 is 0 Å². The molecule has 0 spiro atoms. The molecule has 3 rings (SSSR count).